The predicted octanol–water partition coefficient (Wildman–Crippen LogP) is 2.81. The zero-order valence-corrected chi connectivity index (χ0v) is 15.0. The maximum atomic E-state index is 14.3. The van der Waals surface area contributed by atoms with Crippen LogP contribution in [0.2, 0.25) is 0 Å². The van der Waals surface area contributed by atoms with E-state index in [0.717, 1.165) is 6.07 Å². The molecule has 9 heteroatoms. The lowest BCUT2D eigenvalue weighted by molar-refractivity contribution is -0.144. The van der Waals surface area contributed by atoms with E-state index in [4.69, 9.17) is 4.74 Å². The number of esters is 1. The molecule has 1 amide bonds. The molecule has 0 saturated carbocycles. The first-order valence-corrected chi connectivity index (χ1v) is 9.05. The summed E-state index contributed by atoms with van der Waals surface area (Å²) in [5.41, 5.74) is 1.40. The van der Waals surface area contributed by atoms with Gasteiger partial charge in [0, 0.05) is 17.2 Å². The molecule has 1 aliphatic heterocycles. The van der Waals surface area contributed by atoms with Crippen LogP contribution in [0.4, 0.5) is 14.6 Å². The van der Waals surface area contributed by atoms with Crippen molar-refractivity contribution in [3.8, 4) is 0 Å². The Hall–Kier alpha value is -2.42. The molecule has 1 N–H and O–H groups in total. The van der Waals surface area contributed by atoms with Gasteiger partial charge in [-0.25, -0.2) is 13.5 Å². The molecule has 1 aliphatic rings. The van der Waals surface area contributed by atoms with E-state index < -0.39 is 22.9 Å². The largest absolute Gasteiger partial charge is 0.465 e. The fraction of sp³-hybridized carbons (Fsp3) is 0.353. The topological polar surface area (TPSA) is 73.2 Å². The summed E-state index contributed by atoms with van der Waals surface area (Å²) in [7, 11) is 0. The molecule has 6 nitrogen and oxygen atoms in total. The number of anilines is 1. The van der Waals surface area contributed by atoms with Crippen molar-refractivity contribution in [3.63, 3.8) is 0 Å². The van der Waals surface area contributed by atoms with Gasteiger partial charge in [-0.2, -0.15) is 5.10 Å². The van der Waals surface area contributed by atoms with E-state index in [1.807, 2.05) is 0 Å². The molecule has 0 fully saturated rings. The molecule has 1 aromatic carbocycles. The van der Waals surface area contributed by atoms with Crippen LogP contribution in [0, 0.1) is 18.6 Å². The van der Waals surface area contributed by atoms with Gasteiger partial charge in [0.2, 0.25) is 5.91 Å². The molecular formula is C17H17F2N3O3S. The number of fused-ring (bicyclic) bond motifs is 1. The zero-order valence-electron chi connectivity index (χ0n) is 14.2. The van der Waals surface area contributed by atoms with Crippen LogP contribution in [-0.2, 0) is 20.9 Å². The van der Waals surface area contributed by atoms with Gasteiger partial charge < -0.3 is 10.1 Å². The van der Waals surface area contributed by atoms with Crippen molar-refractivity contribution in [3.05, 3.63) is 46.7 Å². The molecule has 1 unspecified atom stereocenters. The minimum Gasteiger partial charge on any atom is -0.465 e. The highest BCUT2D eigenvalue weighted by molar-refractivity contribution is 8.00. The van der Waals surface area contributed by atoms with Crippen LogP contribution in [-0.4, -0.2) is 34.0 Å². The Bertz CT molecular complexity index is 869. The second-order valence-corrected chi connectivity index (χ2v) is 6.81. The Balaban J connectivity index is 2.07. The molecule has 2 aromatic rings. The number of ether oxygens (including phenoxy) is 1. The van der Waals surface area contributed by atoms with Gasteiger partial charge >= 0.3 is 5.97 Å². The average molecular weight is 381 g/mol. The number of amides is 1. The van der Waals surface area contributed by atoms with Crippen LogP contribution in [0.5, 0.6) is 0 Å². The van der Waals surface area contributed by atoms with Crippen molar-refractivity contribution in [2.75, 3.05) is 17.7 Å². The quantitative estimate of drug-likeness (QED) is 0.825. The average Bonchev–Trinajstić information content (AvgIpc) is 2.75. The fourth-order valence-electron chi connectivity index (χ4n) is 2.85. The van der Waals surface area contributed by atoms with Crippen molar-refractivity contribution in [2.24, 2.45) is 0 Å². The summed E-state index contributed by atoms with van der Waals surface area (Å²) >= 11 is 1.22. The molecular weight excluding hydrogens is 364 g/mol. The third-order valence-corrected chi connectivity index (χ3v) is 5.16. The minimum atomic E-state index is -0.694. The van der Waals surface area contributed by atoms with Crippen LogP contribution in [0.15, 0.2) is 18.2 Å². The van der Waals surface area contributed by atoms with Gasteiger partial charge in [-0.05, 0) is 19.9 Å². The first kappa shape index (κ1) is 18.4. The smallest absolute Gasteiger partial charge is 0.327 e. The second kappa shape index (κ2) is 7.45. The van der Waals surface area contributed by atoms with E-state index in [9.17, 15) is 18.4 Å². The molecule has 138 valence electrons. The van der Waals surface area contributed by atoms with Crippen LogP contribution < -0.4 is 5.32 Å². The Morgan fingerprint density at radius 2 is 2.23 bits per heavy atom. The molecule has 1 atom stereocenters. The molecule has 26 heavy (non-hydrogen) atoms. The number of carbonyl (C=O) groups excluding carboxylic acids is 2. The van der Waals surface area contributed by atoms with E-state index in [2.05, 4.69) is 10.4 Å². The van der Waals surface area contributed by atoms with Crippen LogP contribution >= 0.6 is 11.8 Å². The number of halogens is 2. The van der Waals surface area contributed by atoms with Gasteiger partial charge in [0.15, 0.2) is 0 Å². The molecule has 0 spiro atoms. The number of rotatable bonds is 4. The SMILES string of the molecule is CCOC(=O)Cn1nc(C)c2c1NC(=O)CSC2c1ccc(F)cc1F. The van der Waals surface area contributed by atoms with Gasteiger partial charge in [-0.3, -0.25) is 9.59 Å². The van der Waals surface area contributed by atoms with Gasteiger partial charge in [0.1, 0.15) is 24.0 Å². The van der Waals surface area contributed by atoms with Crippen molar-refractivity contribution in [2.45, 2.75) is 25.6 Å². The minimum absolute atomic E-state index is 0.0923. The number of hydrogen-bond acceptors (Lipinski definition) is 5. The van der Waals surface area contributed by atoms with Crippen molar-refractivity contribution < 1.29 is 23.1 Å². The van der Waals surface area contributed by atoms with Crippen LogP contribution in [0.3, 0.4) is 0 Å². The van der Waals surface area contributed by atoms with E-state index >= 15 is 0 Å². The number of hydrogen-bond donors (Lipinski definition) is 1. The molecule has 3 rings (SSSR count). The standard InChI is InChI=1S/C17H17F2N3O3S/c1-3-25-14(24)7-22-17-15(9(2)21-22)16(26-8-13(23)20-17)11-5-4-10(18)6-12(11)19/h4-6,16H,3,7-8H2,1-2H3,(H,20,23). The predicted molar refractivity (Wildman–Crippen MR) is 92.9 cm³/mol. The number of nitrogens with zero attached hydrogens (tertiary/aromatic N) is 2. The van der Waals surface area contributed by atoms with Gasteiger partial charge in [0.25, 0.3) is 0 Å². The summed E-state index contributed by atoms with van der Waals surface area (Å²) in [5.74, 6) is -1.72. The zero-order chi connectivity index (χ0) is 18.8. The lowest BCUT2D eigenvalue weighted by Gasteiger charge is -2.16. The van der Waals surface area contributed by atoms with Crippen molar-refractivity contribution >= 4 is 29.5 Å². The van der Waals surface area contributed by atoms with E-state index in [1.165, 1.54) is 28.6 Å². The summed E-state index contributed by atoms with van der Waals surface area (Å²) in [6, 6.07) is 3.36. The molecule has 0 saturated heterocycles. The van der Waals surface area contributed by atoms with E-state index in [1.54, 1.807) is 13.8 Å². The number of aryl methyl sites for hydroxylation is 1. The normalized spacial score (nSPS) is 16.6. The summed E-state index contributed by atoms with van der Waals surface area (Å²) in [5, 5.41) is 6.48. The van der Waals surface area contributed by atoms with E-state index in [0.29, 0.717) is 17.1 Å². The molecule has 0 bridgehead atoms. The monoisotopic (exact) mass is 381 g/mol. The summed E-state index contributed by atoms with van der Waals surface area (Å²) in [4.78, 5) is 23.9. The number of benzene rings is 1. The fourth-order valence-corrected chi connectivity index (χ4v) is 4.06. The molecule has 2 heterocycles. The Morgan fingerprint density at radius 1 is 1.46 bits per heavy atom. The highest BCUT2D eigenvalue weighted by Gasteiger charge is 2.32. The van der Waals surface area contributed by atoms with Crippen molar-refractivity contribution in [1.29, 1.82) is 0 Å². The summed E-state index contributed by atoms with van der Waals surface area (Å²) in [6.45, 7) is 3.46. The van der Waals surface area contributed by atoms with Gasteiger partial charge in [-0.15, -0.1) is 11.8 Å². The lowest BCUT2D eigenvalue weighted by atomic mass is 10.0. The maximum Gasteiger partial charge on any atom is 0.327 e. The number of aromatic nitrogens is 2. The van der Waals surface area contributed by atoms with E-state index in [-0.39, 0.29) is 30.4 Å². The Morgan fingerprint density at radius 3 is 2.92 bits per heavy atom. The Labute approximate surface area is 152 Å². The lowest BCUT2D eigenvalue weighted by Crippen LogP contribution is -2.20. The highest BCUT2D eigenvalue weighted by atomic mass is 32.2. The molecule has 0 radical (unpaired) electrons. The third kappa shape index (κ3) is 3.57. The summed E-state index contributed by atoms with van der Waals surface area (Å²) in [6.07, 6.45) is 0. The van der Waals surface area contributed by atoms with Gasteiger partial charge in [0.05, 0.1) is 23.3 Å². The number of nitrogens with one attached hydrogen (secondary N) is 1. The number of thioether (sulfide) groups is 1. The highest BCUT2D eigenvalue weighted by Crippen LogP contribution is 2.44. The first-order chi connectivity index (χ1) is 12.4. The first-order valence-electron chi connectivity index (χ1n) is 8.00. The van der Waals surface area contributed by atoms with Crippen LogP contribution in [0.25, 0.3) is 0 Å². The Kier molecular flexibility index (Phi) is 5.26. The molecule has 1 aromatic heterocycles. The van der Waals surface area contributed by atoms with Crippen LogP contribution in [0.1, 0.15) is 29.0 Å². The second-order valence-electron chi connectivity index (χ2n) is 5.72. The molecule has 0 aliphatic carbocycles. The summed E-state index contributed by atoms with van der Waals surface area (Å²) < 4.78 is 33.9. The number of carbonyl (C=O) groups is 2. The van der Waals surface area contributed by atoms with Gasteiger partial charge in [-0.1, -0.05) is 6.07 Å². The third-order valence-electron chi connectivity index (χ3n) is 3.90. The maximum absolute atomic E-state index is 14.3. The van der Waals surface area contributed by atoms with Crippen molar-refractivity contribution in [1.82, 2.24) is 9.78 Å².